The predicted octanol–water partition coefficient (Wildman–Crippen LogP) is 10.1. The Bertz CT molecular complexity index is 713. The standard InChI is InChI=1S/C28H36Br2/c1-3-5-7-9-11-23-13-17-25(18-14-23)27(29)21-22-28(30)26-19-15-24(16-20-26)12-10-8-6-4-2/h13-22H,3-12H2,1-2H3/b27-21-,28-22-. The molecule has 0 aliphatic rings. The number of allylic oxidation sites excluding steroid dienone is 2. The van der Waals surface area contributed by atoms with Crippen molar-refractivity contribution in [2.75, 3.05) is 0 Å². The lowest BCUT2D eigenvalue weighted by atomic mass is 10.0. The van der Waals surface area contributed by atoms with Crippen LogP contribution in [0.1, 0.15) is 87.5 Å². The van der Waals surface area contributed by atoms with Crippen molar-refractivity contribution < 1.29 is 0 Å². The van der Waals surface area contributed by atoms with Gasteiger partial charge in [0.1, 0.15) is 0 Å². The van der Waals surface area contributed by atoms with E-state index in [1.54, 1.807) is 0 Å². The van der Waals surface area contributed by atoms with Crippen molar-refractivity contribution in [2.24, 2.45) is 0 Å². The van der Waals surface area contributed by atoms with E-state index in [1.165, 1.54) is 86.5 Å². The van der Waals surface area contributed by atoms with Gasteiger partial charge in [-0.15, -0.1) is 0 Å². The maximum atomic E-state index is 3.73. The van der Waals surface area contributed by atoms with Gasteiger partial charge in [-0.25, -0.2) is 0 Å². The van der Waals surface area contributed by atoms with Crippen molar-refractivity contribution in [1.82, 2.24) is 0 Å². The maximum Gasteiger partial charge on any atom is 0.0248 e. The normalized spacial score (nSPS) is 12.4. The molecule has 0 bridgehead atoms. The highest BCUT2D eigenvalue weighted by atomic mass is 79.9. The zero-order valence-corrected chi connectivity index (χ0v) is 21.8. The molecule has 0 unspecified atom stereocenters. The van der Waals surface area contributed by atoms with E-state index in [9.17, 15) is 0 Å². The molecule has 0 aliphatic carbocycles. The Labute approximate surface area is 201 Å². The lowest BCUT2D eigenvalue weighted by Crippen LogP contribution is -1.87. The van der Waals surface area contributed by atoms with Crippen LogP contribution in [-0.2, 0) is 12.8 Å². The summed E-state index contributed by atoms with van der Waals surface area (Å²) in [5, 5.41) is 0. The van der Waals surface area contributed by atoms with Crippen LogP contribution in [0.3, 0.4) is 0 Å². The second-order valence-corrected chi connectivity index (χ2v) is 9.75. The van der Waals surface area contributed by atoms with E-state index < -0.39 is 0 Å². The van der Waals surface area contributed by atoms with E-state index >= 15 is 0 Å². The Balaban J connectivity index is 1.90. The quantitative estimate of drug-likeness (QED) is 0.178. The molecule has 2 heteroatoms. The number of aryl methyl sites for hydroxylation is 2. The van der Waals surface area contributed by atoms with Crippen LogP contribution in [0.15, 0.2) is 60.7 Å². The van der Waals surface area contributed by atoms with E-state index in [4.69, 9.17) is 0 Å². The van der Waals surface area contributed by atoms with Crippen molar-refractivity contribution in [3.8, 4) is 0 Å². The summed E-state index contributed by atoms with van der Waals surface area (Å²) < 4.78 is 2.20. The third-order valence-corrected chi connectivity index (χ3v) is 6.92. The van der Waals surface area contributed by atoms with Crippen LogP contribution >= 0.6 is 31.9 Å². The van der Waals surface area contributed by atoms with Gasteiger partial charge in [-0.3, -0.25) is 0 Å². The summed E-state index contributed by atoms with van der Waals surface area (Å²) in [4.78, 5) is 0. The lowest BCUT2D eigenvalue weighted by molar-refractivity contribution is 0.667. The van der Waals surface area contributed by atoms with E-state index in [-0.39, 0.29) is 0 Å². The van der Waals surface area contributed by atoms with Gasteiger partial charge < -0.3 is 0 Å². The molecule has 0 heterocycles. The van der Waals surface area contributed by atoms with Gasteiger partial charge in [-0.1, -0.05) is 133 Å². The second-order valence-electron chi connectivity index (χ2n) is 8.04. The Hall–Kier alpha value is -1.12. The first-order valence-electron chi connectivity index (χ1n) is 11.6. The van der Waals surface area contributed by atoms with E-state index in [1.807, 2.05) is 0 Å². The van der Waals surface area contributed by atoms with Gasteiger partial charge >= 0.3 is 0 Å². The van der Waals surface area contributed by atoms with Crippen LogP contribution in [0.4, 0.5) is 0 Å². The number of hydrogen-bond acceptors (Lipinski definition) is 0. The second kappa shape index (κ2) is 14.8. The van der Waals surface area contributed by atoms with Crippen LogP contribution in [-0.4, -0.2) is 0 Å². The first kappa shape index (κ1) is 25.1. The summed E-state index contributed by atoms with van der Waals surface area (Å²) >= 11 is 7.47. The van der Waals surface area contributed by atoms with Crippen molar-refractivity contribution in [3.63, 3.8) is 0 Å². The molecule has 2 aromatic carbocycles. The van der Waals surface area contributed by atoms with Crippen molar-refractivity contribution in [2.45, 2.75) is 78.1 Å². The first-order chi connectivity index (χ1) is 14.6. The largest absolute Gasteiger partial charge is 0.0654 e. The number of rotatable bonds is 13. The fourth-order valence-corrected chi connectivity index (χ4v) is 4.30. The Morgan fingerprint density at radius 1 is 0.567 bits per heavy atom. The Morgan fingerprint density at radius 2 is 0.933 bits per heavy atom. The zero-order valence-electron chi connectivity index (χ0n) is 18.6. The van der Waals surface area contributed by atoms with Crippen molar-refractivity contribution >= 4 is 40.8 Å². The summed E-state index contributed by atoms with van der Waals surface area (Å²) in [6.07, 6.45) is 17.1. The molecule has 0 atom stereocenters. The average Bonchev–Trinajstić information content (AvgIpc) is 2.78. The summed E-state index contributed by atoms with van der Waals surface area (Å²) in [6, 6.07) is 17.9. The van der Waals surface area contributed by atoms with Gasteiger partial charge in [-0.2, -0.15) is 0 Å². The van der Waals surface area contributed by atoms with E-state index in [2.05, 4.69) is 106 Å². The molecule has 0 radical (unpaired) electrons. The topological polar surface area (TPSA) is 0 Å². The van der Waals surface area contributed by atoms with Crippen LogP contribution in [0.2, 0.25) is 0 Å². The van der Waals surface area contributed by atoms with Gasteiger partial charge in [0.2, 0.25) is 0 Å². The summed E-state index contributed by atoms with van der Waals surface area (Å²) in [5.74, 6) is 0. The molecule has 0 spiro atoms. The van der Waals surface area contributed by atoms with Gasteiger partial charge in [0, 0.05) is 8.96 Å². The molecule has 0 saturated carbocycles. The highest BCUT2D eigenvalue weighted by Gasteiger charge is 2.01. The molecule has 0 aromatic heterocycles. The minimum atomic E-state index is 1.10. The molecule has 0 amide bonds. The molecular weight excluding hydrogens is 496 g/mol. The highest BCUT2D eigenvalue weighted by molar-refractivity contribution is 9.15. The third-order valence-electron chi connectivity index (χ3n) is 5.47. The molecule has 30 heavy (non-hydrogen) atoms. The van der Waals surface area contributed by atoms with E-state index in [0.29, 0.717) is 0 Å². The minimum Gasteiger partial charge on any atom is -0.0654 e. The number of benzene rings is 2. The number of unbranched alkanes of at least 4 members (excludes halogenated alkanes) is 6. The number of hydrogen-bond donors (Lipinski definition) is 0. The molecule has 0 nitrogen and oxygen atoms in total. The monoisotopic (exact) mass is 530 g/mol. The van der Waals surface area contributed by atoms with Gasteiger partial charge in [-0.05, 0) is 60.1 Å². The van der Waals surface area contributed by atoms with Crippen molar-refractivity contribution in [3.05, 3.63) is 82.9 Å². The molecule has 2 rings (SSSR count). The summed E-state index contributed by atoms with van der Waals surface area (Å²) in [7, 11) is 0. The number of halogens is 2. The predicted molar refractivity (Wildman–Crippen MR) is 142 cm³/mol. The van der Waals surface area contributed by atoms with E-state index in [0.717, 1.165) is 8.96 Å². The van der Waals surface area contributed by atoms with Gasteiger partial charge in [0.25, 0.3) is 0 Å². The fraction of sp³-hybridized carbons (Fsp3) is 0.429. The fourth-order valence-electron chi connectivity index (χ4n) is 3.51. The SMILES string of the molecule is CCCCCCc1ccc(/C(Br)=C/C=C(\Br)c2ccc(CCCCCC)cc2)cc1. The minimum absolute atomic E-state index is 1.10. The Morgan fingerprint density at radius 3 is 1.27 bits per heavy atom. The average molecular weight is 532 g/mol. The summed E-state index contributed by atoms with van der Waals surface area (Å²) in [5.41, 5.74) is 5.29. The molecule has 2 aromatic rings. The van der Waals surface area contributed by atoms with Crippen LogP contribution in [0.25, 0.3) is 8.96 Å². The first-order valence-corrected chi connectivity index (χ1v) is 13.1. The van der Waals surface area contributed by atoms with Gasteiger partial charge in [0.15, 0.2) is 0 Å². The highest BCUT2D eigenvalue weighted by Crippen LogP contribution is 2.26. The van der Waals surface area contributed by atoms with Crippen LogP contribution < -0.4 is 0 Å². The molecule has 0 saturated heterocycles. The van der Waals surface area contributed by atoms with Crippen LogP contribution in [0.5, 0.6) is 0 Å². The van der Waals surface area contributed by atoms with Crippen molar-refractivity contribution in [1.29, 1.82) is 0 Å². The van der Waals surface area contributed by atoms with Crippen LogP contribution in [0, 0.1) is 0 Å². The lowest BCUT2D eigenvalue weighted by Gasteiger charge is -2.05. The molecule has 0 fully saturated rings. The smallest absolute Gasteiger partial charge is 0.0248 e. The summed E-state index contributed by atoms with van der Waals surface area (Å²) in [6.45, 7) is 4.52. The molecule has 162 valence electrons. The van der Waals surface area contributed by atoms with Gasteiger partial charge in [0.05, 0.1) is 0 Å². The Kier molecular flexibility index (Phi) is 12.4. The molecule has 0 N–H and O–H groups in total. The maximum absolute atomic E-state index is 3.73. The zero-order chi connectivity index (χ0) is 21.6. The molecular formula is C28H36Br2. The third kappa shape index (κ3) is 9.35. The molecule has 0 aliphatic heterocycles.